The third-order valence-electron chi connectivity index (χ3n) is 7.00. The number of ether oxygens (including phenoxy) is 1. The normalized spacial score (nSPS) is 17.6. The molecule has 0 unspecified atom stereocenters. The van der Waals surface area contributed by atoms with E-state index >= 15 is 0 Å². The number of fused-ring (bicyclic) bond motifs is 3. The predicted molar refractivity (Wildman–Crippen MR) is 141 cm³/mol. The van der Waals surface area contributed by atoms with Crippen molar-refractivity contribution in [2.75, 3.05) is 24.6 Å². The van der Waals surface area contributed by atoms with Gasteiger partial charge in [0.15, 0.2) is 0 Å². The second-order valence-corrected chi connectivity index (χ2v) is 16.5. The molecule has 1 saturated heterocycles. The minimum Gasteiger partial charge on any atom is -0.361 e. The van der Waals surface area contributed by atoms with E-state index in [4.69, 9.17) is 9.72 Å². The SMILES string of the molecule is C[Si](C)(C)CCOCn1ccc2c3c(cnc21)CNC(=O)N3C1CCN(Cc2cccnc2)CC1. The predicted octanol–water partition coefficient (Wildman–Crippen LogP) is 4.44. The molecule has 1 N–H and O–H groups in total. The Hall–Kier alpha value is -2.75. The van der Waals surface area contributed by atoms with Crippen LogP contribution in [0.15, 0.2) is 43.0 Å². The van der Waals surface area contributed by atoms with Crippen molar-refractivity contribution in [1.82, 2.24) is 24.8 Å². The fourth-order valence-corrected chi connectivity index (χ4v) is 5.77. The fraction of sp³-hybridized carbons (Fsp3) is 0.500. The van der Waals surface area contributed by atoms with Crippen LogP contribution in [-0.4, -0.2) is 59.3 Å². The second kappa shape index (κ2) is 10.1. The molecule has 9 heteroatoms. The zero-order valence-corrected chi connectivity index (χ0v) is 22.0. The maximum Gasteiger partial charge on any atom is 0.322 e. The maximum absolute atomic E-state index is 13.1. The number of piperidine rings is 1. The number of amides is 2. The highest BCUT2D eigenvalue weighted by molar-refractivity contribution is 6.76. The standard InChI is InChI=1S/C26H36N6O2Si/c1-35(2,3)14-13-34-19-31-12-8-23-24-21(16-28-25(23)31)17-29-26(33)32(24)22-6-10-30(11-7-22)18-20-5-4-9-27-15-20/h4-5,8-9,12,15-16,22H,6-7,10-11,13-14,17-19H2,1-3H3,(H,29,33). The molecule has 5 heterocycles. The molecule has 35 heavy (non-hydrogen) atoms. The van der Waals surface area contributed by atoms with Gasteiger partial charge >= 0.3 is 6.03 Å². The summed E-state index contributed by atoms with van der Waals surface area (Å²) < 4.78 is 8.04. The summed E-state index contributed by atoms with van der Waals surface area (Å²) in [6.07, 6.45) is 9.58. The van der Waals surface area contributed by atoms with Gasteiger partial charge in [0.05, 0.1) is 5.69 Å². The molecule has 2 aliphatic heterocycles. The Bertz CT molecular complexity index is 1170. The molecule has 1 fully saturated rings. The van der Waals surface area contributed by atoms with Crippen molar-refractivity contribution in [3.8, 4) is 0 Å². The molecule has 0 saturated carbocycles. The molecule has 0 bridgehead atoms. The van der Waals surface area contributed by atoms with Gasteiger partial charge in [-0.05, 0) is 36.6 Å². The van der Waals surface area contributed by atoms with E-state index < -0.39 is 8.07 Å². The number of nitrogens with zero attached hydrogens (tertiary/aromatic N) is 5. The number of pyridine rings is 2. The Kier molecular flexibility index (Phi) is 6.90. The molecule has 0 spiro atoms. The first kappa shape index (κ1) is 24.0. The first-order valence-electron chi connectivity index (χ1n) is 12.6. The monoisotopic (exact) mass is 492 g/mol. The van der Waals surface area contributed by atoms with Gasteiger partial charge in [0.25, 0.3) is 0 Å². The highest BCUT2D eigenvalue weighted by Crippen LogP contribution is 2.36. The van der Waals surface area contributed by atoms with Gasteiger partial charge in [0, 0.05) is 82.6 Å². The van der Waals surface area contributed by atoms with Crippen LogP contribution in [0.5, 0.6) is 0 Å². The summed E-state index contributed by atoms with van der Waals surface area (Å²) in [5.74, 6) is 0. The van der Waals surface area contributed by atoms with E-state index in [2.05, 4.69) is 51.5 Å². The third kappa shape index (κ3) is 5.42. The van der Waals surface area contributed by atoms with E-state index in [0.29, 0.717) is 13.3 Å². The maximum atomic E-state index is 13.1. The number of urea groups is 1. The van der Waals surface area contributed by atoms with Gasteiger partial charge < -0.3 is 14.6 Å². The van der Waals surface area contributed by atoms with Gasteiger partial charge in [-0.2, -0.15) is 0 Å². The van der Waals surface area contributed by atoms with E-state index in [1.54, 1.807) is 0 Å². The van der Waals surface area contributed by atoms with Crippen LogP contribution in [0, 0.1) is 0 Å². The molecular weight excluding hydrogens is 456 g/mol. The lowest BCUT2D eigenvalue weighted by Gasteiger charge is -2.41. The summed E-state index contributed by atoms with van der Waals surface area (Å²) in [6.45, 7) is 11.7. The Balaban J connectivity index is 1.31. The van der Waals surface area contributed by atoms with Gasteiger partial charge in [-0.3, -0.25) is 14.8 Å². The van der Waals surface area contributed by atoms with Crippen molar-refractivity contribution in [2.45, 2.75) is 64.4 Å². The van der Waals surface area contributed by atoms with Gasteiger partial charge in [-0.1, -0.05) is 25.7 Å². The largest absolute Gasteiger partial charge is 0.361 e. The van der Waals surface area contributed by atoms with Crippen LogP contribution in [0.3, 0.4) is 0 Å². The molecule has 2 aliphatic rings. The Morgan fingerprint density at radius 2 is 2.00 bits per heavy atom. The van der Waals surface area contributed by atoms with Crippen LogP contribution in [-0.2, 0) is 24.6 Å². The van der Waals surface area contributed by atoms with Crippen LogP contribution in [0.1, 0.15) is 24.0 Å². The molecule has 3 aromatic rings. The van der Waals surface area contributed by atoms with E-state index in [1.807, 2.05) is 35.8 Å². The number of carbonyl (C=O) groups is 1. The van der Waals surface area contributed by atoms with Crippen molar-refractivity contribution >= 4 is 30.8 Å². The molecule has 8 nitrogen and oxygen atoms in total. The summed E-state index contributed by atoms with van der Waals surface area (Å²) in [7, 11) is -1.12. The van der Waals surface area contributed by atoms with Crippen molar-refractivity contribution in [2.24, 2.45) is 0 Å². The first-order valence-corrected chi connectivity index (χ1v) is 16.3. The number of rotatable bonds is 8. The average Bonchev–Trinajstić information content (AvgIpc) is 3.26. The molecule has 186 valence electrons. The highest BCUT2D eigenvalue weighted by atomic mass is 28.3. The molecule has 3 aromatic heterocycles. The molecule has 0 aromatic carbocycles. The van der Waals surface area contributed by atoms with Crippen molar-refractivity contribution in [1.29, 1.82) is 0 Å². The van der Waals surface area contributed by atoms with Crippen molar-refractivity contribution < 1.29 is 9.53 Å². The van der Waals surface area contributed by atoms with E-state index in [0.717, 1.165) is 67.4 Å². The summed E-state index contributed by atoms with van der Waals surface area (Å²) in [5, 5.41) is 4.09. The number of hydrogen-bond acceptors (Lipinski definition) is 5. The smallest absolute Gasteiger partial charge is 0.322 e. The molecular formula is C26H36N6O2Si. The Labute approximate surface area is 208 Å². The zero-order valence-electron chi connectivity index (χ0n) is 21.0. The summed E-state index contributed by atoms with van der Waals surface area (Å²) in [4.78, 5) is 26.6. The van der Waals surface area contributed by atoms with Crippen LogP contribution in [0.4, 0.5) is 10.5 Å². The number of carbonyl (C=O) groups excluding carboxylic acids is 1. The molecule has 2 amide bonds. The second-order valence-electron chi connectivity index (χ2n) is 10.9. The Morgan fingerprint density at radius 3 is 2.74 bits per heavy atom. The Morgan fingerprint density at radius 1 is 1.17 bits per heavy atom. The topological polar surface area (TPSA) is 75.5 Å². The van der Waals surface area contributed by atoms with E-state index in [1.165, 1.54) is 5.56 Å². The molecule has 0 aliphatic carbocycles. The van der Waals surface area contributed by atoms with E-state index in [-0.39, 0.29) is 12.1 Å². The van der Waals surface area contributed by atoms with Gasteiger partial charge in [0.1, 0.15) is 12.4 Å². The first-order chi connectivity index (χ1) is 16.9. The van der Waals surface area contributed by atoms with Crippen molar-refractivity contribution in [3.05, 3.63) is 54.1 Å². The number of anilines is 1. The average molecular weight is 493 g/mol. The lowest BCUT2D eigenvalue weighted by atomic mass is 9.99. The quantitative estimate of drug-likeness (QED) is 0.372. The summed E-state index contributed by atoms with van der Waals surface area (Å²) >= 11 is 0. The molecule has 5 rings (SSSR count). The number of likely N-dealkylation sites (tertiary alicyclic amines) is 1. The van der Waals surface area contributed by atoms with E-state index in [9.17, 15) is 4.79 Å². The lowest BCUT2D eigenvalue weighted by molar-refractivity contribution is 0.0899. The van der Waals surface area contributed by atoms with Crippen molar-refractivity contribution in [3.63, 3.8) is 0 Å². The molecule has 0 atom stereocenters. The third-order valence-corrected chi connectivity index (χ3v) is 8.71. The lowest BCUT2D eigenvalue weighted by Crippen LogP contribution is -2.53. The summed E-state index contributed by atoms with van der Waals surface area (Å²) in [6, 6.07) is 7.50. The summed E-state index contributed by atoms with van der Waals surface area (Å²) in [5.41, 5.74) is 4.20. The number of nitrogens with one attached hydrogen (secondary N) is 1. The fourth-order valence-electron chi connectivity index (χ4n) is 5.02. The van der Waals surface area contributed by atoms with Gasteiger partial charge in [-0.15, -0.1) is 0 Å². The molecule has 0 radical (unpaired) electrons. The van der Waals surface area contributed by atoms with Crippen LogP contribution in [0.2, 0.25) is 25.7 Å². The van der Waals surface area contributed by atoms with Crippen LogP contribution in [0.25, 0.3) is 11.0 Å². The van der Waals surface area contributed by atoms with Gasteiger partial charge in [0.2, 0.25) is 0 Å². The van der Waals surface area contributed by atoms with Crippen LogP contribution >= 0.6 is 0 Å². The minimum atomic E-state index is -1.12. The number of hydrogen-bond donors (Lipinski definition) is 1. The minimum absolute atomic E-state index is 0.00477. The number of aromatic nitrogens is 3. The van der Waals surface area contributed by atoms with Crippen LogP contribution < -0.4 is 10.2 Å². The highest BCUT2D eigenvalue weighted by Gasteiger charge is 2.34. The van der Waals surface area contributed by atoms with Gasteiger partial charge in [-0.25, -0.2) is 9.78 Å². The zero-order chi connectivity index (χ0) is 24.4.